The van der Waals surface area contributed by atoms with E-state index in [4.69, 9.17) is 9.47 Å². The Labute approximate surface area is 289 Å². The summed E-state index contributed by atoms with van der Waals surface area (Å²) in [6, 6.07) is 16.3. The lowest BCUT2D eigenvalue weighted by Gasteiger charge is -2.23. The minimum Gasteiger partial charge on any atom is -1.00 e. The first-order valence-corrected chi connectivity index (χ1v) is 15.9. The van der Waals surface area contributed by atoms with Crippen LogP contribution in [-0.4, -0.2) is 52.6 Å². The van der Waals surface area contributed by atoms with E-state index >= 15 is 0 Å². The van der Waals surface area contributed by atoms with E-state index in [1.165, 1.54) is 0 Å². The lowest BCUT2D eigenvalue weighted by molar-refractivity contribution is -0.654. The van der Waals surface area contributed by atoms with Crippen LogP contribution < -0.4 is 52.9 Å². The van der Waals surface area contributed by atoms with Crippen molar-refractivity contribution in [2.45, 2.75) is 13.8 Å². The zero-order valence-corrected chi connectivity index (χ0v) is 30.4. The average molecular weight is 769 g/mol. The quantitative estimate of drug-likeness (QED) is 0.0901. The van der Waals surface area contributed by atoms with Gasteiger partial charge in [-0.1, -0.05) is 0 Å². The van der Waals surface area contributed by atoms with Crippen LogP contribution in [0.3, 0.4) is 0 Å². The Bertz CT molecular complexity index is 1310. The highest BCUT2D eigenvalue weighted by atomic mass is 79.9. The first-order chi connectivity index (χ1) is 20.6. The molecule has 4 rings (SSSR count). The van der Waals surface area contributed by atoms with E-state index in [1.807, 2.05) is 70.6 Å². The summed E-state index contributed by atoms with van der Waals surface area (Å²) in [4.78, 5) is 4.57. The number of thiazole rings is 2. The predicted octanol–water partition coefficient (Wildman–Crippen LogP) is 0.683. The lowest BCUT2D eigenvalue weighted by atomic mass is 10.2. The SMILES string of the molecule is CCN(CCOCCOCCN(CC)c1ccc(N=Nc2scc[n+]2C)cc1)c1ccc(N=Nc2scc[n+]2C)cc1.[Br-].[Br-]. The molecular weight excluding hydrogens is 728 g/mol. The molecule has 4 aromatic rings. The normalized spacial score (nSPS) is 11.1. The van der Waals surface area contributed by atoms with Crippen LogP contribution in [0, 0.1) is 0 Å². The highest BCUT2D eigenvalue weighted by Gasteiger charge is 2.10. The van der Waals surface area contributed by atoms with E-state index in [0.29, 0.717) is 26.4 Å². The molecule has 0 N–H and O–H groups in total. The summed E-state index contributed by atoms with van der Waals surface area (Å²) in [6.07, 6.45) is 3.94. The largest absolute Gasteiger partial charge is 1.00 e. The lowest BCUT2D eigenvalue weighted by Crippen LogP contribution is -3.00. The number of hydrogen-bond acceptors (Lipinski definition) is 10. The van der Waals surface area contributed by atoms with Gasteiger partial charge in [0.05, 0.1) is 50.8 Å². The molecule has 0 saturated heterocycles. The number of nitrogens with zero attached hydrogens (tertiary/aromatic N) is 8. The Hall–Kier alpha value is -2.62. The van der Waals surface area contributed by atoms with Gasteiger partial charge in [-0.3, -0.25) is 0 Å². The number of ether oxygens (including phenoxy) is 2. The molecule has 238 valence electrons. The van der Waals surface area contributed by atoms with Crippen molar-refractivity contribution in [3.05, 3.63) is 71.7 Å². The maximum atomic E-state index is 5.86. The number of azo groups is 2. The third-order valence-electron chi connectivity index (χ3n) is 6.60. The molecule has 0 bridgehead atoms. The number of halogens is 2. The standard InChI is InChI=1S/C30H40N8O2S2.2BrH/c1-5-37(27-11-7-25(8-12-27)31-33-29-35(3)17-23-41-29)15-19-39-21-22-40-20-16-38(6-2)28-13-9-26(10-14-28)32-34-30-36(4)18-24-42-30;;/h7-14,17-18,23-24H,5-6,15-16,19-22H2,1-4H3;2*1H/q+2;;/p-2. The zero-order valence-electron chi connectivity index (χ0n) is 25.6. The fourth-order valence-corrected chi connectivity index (χ4v) is 5.48. The third kappa shape index (κ3) is 11.7. The van der Waals surface area contributed by atoms with Crippen molar-refractivity contribution in [1.29, 1.82) is 0 Å². The highest BCUT2D eigenvalue weighted by molar-refractivity contribution is 7.13. The number of rotatable bonds is 17. The van der Waals surface area contributed by atoms with Gasteiger partial charge in [0, 0.05) is 48.3 Å². The van der Waals surface area contributed by atoms with Crippen molar-refractivity contribution in [2.75, 3.05) is 62.4 Å². The van der Waals surface area contributed by atoms with Crippen LogP contribution in [0.25, 0.3) is 0 Å². The fourth-order valence-electron chi connectivity index (χ4n) is 4.12. The van der Waals surface area contributed by atoms with Gasteiger partial charge in [-0.25, -0.2) is 9.13 Å². The molecule has 2 aromatic carbocycles. The second-order valence-corrected chi connectivity index (χ2v) is 11.2. The molecule has 0 amide bonds. The van der Waals surface area contributed by atoms with Gasteiger partial charge in [0.25, 0.3) is 0 Å². The summed E-state index contributed by atoms with van der Waals surface area (Å²) >= 11 is 3.13. The van der Waals surface area contributed by atoms with Crippen LogP contribution in [0.5, 0.6) is 0 Å². The zero-order chi connectivity index (χ0) is 29.6. The van der Waals surface area contributed by atoms with E-state index < -0.39 is 0 Å². The van der Waals surface area contributed by atoms with E-state index in [2.05, 4.69) is 68.4 Å². The van der Waals surface area contributed by atoms with Crippen molar-refractivity contribution >= 4 is 55.7 Å². The highest BCUT2D eigenvalue weighted by Crippen LogP contribution is 2.24. The molecule has 0 unspecified atom stereocenters. The Morgan fingerprint density at radius 2 is 0.977 bits per heavy atom. The van der Waals surface area contributed by atoms with Gasteiger partial charge in [-0.2, -0.15) is 0 Å². The number of aromatic nitrogens is 2. The maximum absolute atomic E-state index is 5.86. The summed E-state index contributed by atoms with van der Waals surface area (Å²) in [7, 11) is 3.93. The number of likely N-dealkylation sites (N-methyl/N-ethyl adjacent to an activating group) is 2. The Morgan fingerprint density at radius 1 is 0.591 bits per heavy atom. The van der Waals surface area contributed by atoms with Crippen molar-refractivity contribution in [1.82, 2.24) is 0 Å². The van der Waals surface area contributed by atoms with E-state index in [9.17, 15) is 0 Å². The molecule has 0 fully saturated rings. The summed E-state index contributed by atoms with van der Waals surface area (Å²) in [5.74, 6) is 0. The van der Waals surface area contributed by atoms with Gasteiger partial charge in [0.1, 0.15) is 23.8 Å². The number of aryl methyl sites for hydroxylation is 2. The predicted molar refractivity (Wildman–Crippen MR) is 170 cm³/mol. The number of benzene rings is 2. The molecule has 0 atom stereocenters. The summed E-state index contributed by atoms with van der Waals surface area (Å²) in [6.45, 7) is 10.2. The molecule has 0 saturated carbocycles. The number of hydrogen-bond donors (Lipinski definition) is 0. The van der Waals surface area contributed by atoms with E-state index in [1.54, 1.807) is 22.7 Å². The maximum Gasteiger partial charge on any atom is 0.408 e. The van der Waals surface area contributed by atoms with Gasteiger partial charge in [-0.15, -0.1) is 0 Å². The summed E-state index contributed by atoms with van der Waals surface area (Å²) < 4.78 is 15.6. The molecule has 0 aliphatic heterocycles. The van der Waals surface area contributed by atoms with Crippen molar-refractivity contribution in [3.8, 4) is 0 Å². The molecule has 14 heteroatoms. The van der Waals surface area contributed by atoms with Crippen LogP contribution in [-0.2, 0) is 23.6 Å². The molecule has 0 aliphatic rings. The molecule has 0 radical (unpaired) electrons. The van der Waals surface area contributed by atoms with E-state index in [0.717, 1.165) is 59.2 Å². The first-order valence-electron chi connectivity index (χ1n) is 14.1. The Kier molecular flexibility index (Phi) is 17.4. The van der Waals surface area contributed by atoms with Crippen LogP contribution in [0.4, 0.5) is 33.0 Å². The second kappa shape index (κ2) is 20.4. The second-order valence-electron chi connectivity index (χ2n) is 9.41. The fraction of sp³-hybridized carbons (Fsp3) is 0.400. The van der Waals surface area contributed by atoms with Crippen molar-refractivity contribution in [2.24, 2.45) is 34.6 Å². The van der Waals surface area contributed by atoms with Crippen LogP contribution in [0.2, 0.25) is 0 Å². The van der Waals surface area contributed by atoms with Crippen LogP contribution >= 0.6 is 22.7 Å². The van der Waals surface area contributed by atoms with Gasteiger partial charge >= 0.3 is 10.3 Å². The molecule has 10 nitrogen and oxygen atoms in total. The Balaban J connectivity index is 0.00000337. The Morgan fingerprint density at radius 3 is 1.30 bits per heavy atom. The molecule has 0 aliphatic carbocycles. The number of anilines is 2. The van der Waals surface area contributed by atoms with Gasteiger partial charge in [0.2, 0.25) is 0 Å². The monoisotopic (exact) mass is 766 g/mol. The van der Waals surface area contributed by atoms with Gasteiger partial charge in [-0.05, 0) is 95.3 Å². The molecule has 2 heterocycles. The smallest absolute Gasteiger partial charge is 0.408 e. The van der Waals surface area contributed by atoms with E-state index in [-0.39, 0.29) is 34.0 Å². The first kappa shape index (κ1) is 37.6. The average Bonchev–Trinajstić information content (AvgIpc) is 3.63. The summed E-state index contributed by atoms with van der Waals surface area (Å²) in [5.41, 5.74) is 3.96. The molecule has 0 spiro atoms. The third-order valence-corrected chi connectivity index (χ3v) is 8.27. The van der Waals surface area contributed by atoms with Crippen LogP contribution in [0.1, 0.15) is 13.8 Å². The minimum absolute atomic E-state index is 0. The summed E-state index contributed by atoms with van der Waals surface area (Å²) in [5, 5.41) is 23.1. The van der Waals surface area contributed by atoms with Crippen LogP contribution in [0.15, 0.2) is 92.1 Å². The molecule has 2 aromatic heterocycles. The van der Waals surface area contributed by atoms with Crippen molar-refractivity contribution < 1.29 is 52.6 Å². The molecular formula is C30H40Br2N8O2S2. The van der Waals surface area contributed by atoms with Gasteiger partial charge in [0.15, 0.2) is 0 Å². The minimum atomic E-state index is 0. The van der Waals surface area contributed by atoms with Crippen molar-refractivity contribution in [3.63, 3.8) is 0 Å². The molecule has 44 heavy (non-hydrogen) atoms. The topological polar surface area (TPSA) is 82.1 Å². The van der Waals surface area contributed by atoms with Gasteiger partial charge < -0.3 is 53.2 Å².